The molecule has 1 atom stereocenters. The van der Waals surface area contributed by atoms with E-state index in [9.17, 15) is 9.59 Å². The molecule has 0 saturated heterocycles. The average molecular weight is 355 g/mol. The Hall–Kier alpha value is -2.86. The van der Waals surface area contributed by atoms with Crippen LogP contribution in [0.5, 0.6) is 11.5 Å². The minimum Gasteiger partial charge on any atom is -0.457 e. The lowest BCUT2D eigenvalue weighted by atomic mass is 10.1. The Morgan fingerprint density at radius 2 is 1.54 bits per heavy atom. The minimum absolute atomic E-state index is 0.0131. The van der Waals surface area contributed by atoms with E-state index in [1.807, 2.05) is 45.0 Å². The van der Waals surface area contributed by atoms with Crippen molar-refractivity contribution in [3.05, 3.63) is 54.1 Å². The van der Waals surface area contributed by atoms with E-state index in [1.165, 1.54) is 0 Å². The molecule has 0 unspecified atom stereocenters. The van der Waals surface area contributed by atoms with Gasteiger partial charge in [0.15, 0.2) is 0 Å². The molecule has 0 aliphatic carbocycles. The molecule has 0 bridgehead atoms. The fourth-order valence-electron chi connectivity index (χ4n) is 2.14. The third-order valence-electron chi connectivity index (χ3n) is 3.84. The highest BCUT2D eigenvalue weighted by atomic mass is 16.5. The molecule has 0 aliphatic rings. The van der Waals surface area contributed by atoms with Crippen LogP contribution in [0.25, 0.3) is 0 Å². The standard InChI is InChI=1S/C20H25N3O3/c1-13(2)19(21)20(25)22-12-18(24)23-15-6-10-17(11-7-15)26-16-8-4-14(3)5-9-16/h4-11,13,19H,12,21H2,1-3H3,(H,22,25)(H,23,24)/t19-/m0/s1. The average Bonchev–Trinajstić information content (AvgIpc) is 2.62. The first-order chi connectivity index (χ1) is 12.3. The van der Waals surface area contributed by atoms with Gasteiger partial charge in [0.1, 0.15) is 11.5 Å². The number of anilines is 1. The number of carbonyl (C=O) groups is 2. The fraction of sp³-hybridized carbons (Fsp3) is 0.300. The van der Waals surface area contributed by atoms with Crippen LogP contribution in [0.2, 0.25) is 0 Å². The Morgan fingerprint density at radius 3 is 2.08 bits per heavy atom. The molecule has 0 spiro atoms. The van der Waals surface area contributed by atoms with Gasteiger partial charge in [-0.25, -0.2) is 0 Å². The SMILES string of the molecule is Cc1ccc(Oc2ccc(NC(=O)CNC(=O)[C@@H](N)C(C)C)cc2)cc1. The van der Waals surface area contributed by atoms with Crippen LogP contribution in [-0.4, -0.2) is 24.4 Å². The molecule has 0 radical (unpaired) electrons. The second-order valence-corrected chi connectivity index (χ2v) is 6.48. The van der Waals surface area contributed by atoms with Crippen molar-refractivity contribution in [2.45, 2.75) is 26.8 Å². The lowest BCUT2D eigenvalue weighted by molar-refractivity contribution is -0.125. The van der Waals surface area contributed by atoms with E-state index in [-0.39, 0.29) is 24.3 Å². The van der Waals surface area contributed by atoms with E-state index in [4.69, 9.17) is 10.5 Å². The molecule has 6 heteroatoms. The number of benzene rings is 2. The molecule has 0 fully saturated rings. The minimum atomic E-state index is -0.624. The van der Waals surface area contributed by atoms with Gasteiger partial charge in [-0.3, -0.25) is 9.59 Å². The highest BCUT2D eigenvalue weighted by Gasteiger charge is 2.17. The Morgan fingerprint density at radius 1 is 1.00 bits per heavy atom. The van der Waals surface area contributed by atoms with Gasteiger partial charge in [-0.2, -0.15) is 0 Å². The summed E-state index contributed by atoms with van der Waals surface area (Å²) >= 11 is 0. The molecule has 138 valence electrons. The smallest absolute Gasteiger partial charge is 0.243 e. The predicted molar refractivity (Wildman–Crippen MR) is 102 cm³/mol. The van der Waals surface area contributed by atoms with Crippen molar-refractivity contribution in [2.24, 2.45) is 11.7 Å². The first-order valence-electron chi connectivity index (χ1n) is 8.53. The number of amides is 2. The molecule has 0 saturated carbocycles. The summed E-state index contributed by atoms with van der Waals surface area (Å²) in [7, 11) is 0. The summed E-state index contributed by atoms with van der Waals surface area (Å²) in [5.41, 5.74) is 7.51. The number of nitrogens with two attached hydrogens (primary N) is 1. The summed E-state index contributed by atoms with van der Waals surface area (Å²) in [5.74, 6) is 0.775. The Bertz CT molecular complexity index is 740. The van der Waals surface area contributed by atoms with Gasteiger partial charge in [0.05, 0.1) is 12.6 Å². The molecule has 0 aromatic heterocycles. The summed E-state index contributed by atoms with van der Waals surface area (Å²) in [5, 5.41) is 5.25. The van der Waals surface area contributed by atoms with Crippen molar-refractivity contribution in [1.82, 2.24) is 5.32 Å². The maximum Gasteiger partial charge on any atom is 0.243 e. The molecule has 4 N–H and O–H groups in total. The summed E-state index contributed by atoms with van der Waals surface area (Å²) in [6.07, 6.45) is 0. The number of ether oxygens (including phenoxy) is 1. The Labute approximate surface area is 153 Å². The number of hydrogen-bond acceptors (Lipinski definition) is 4. The summed E-state index contributed by atoms with van der Waals surface area (Å²) in [6.45, 7) is 5.59. The van der Waals surface area contributed by atoms with E-state index < -0.39 is 6.04 Å². The lowest BCUT2D eigenvalue weighted by Gasteiger charge is -2.15. The molecular weight excluding hydrogens is 330 g/mol. The van der Waals surface area contributed by atoms with Gasteiger partial charge >= 0.3 is 0 Å². The monoisotopic (exact) mass is 355 g/mol. The van der Waals surface area contributed by atoms with Crippen molar-refractivity contribution in [3.63, 3.8) is 0 Å². The molecule has 2 rings (SSSR count). The number of hydrogen-bond donors (Lipinski definition) is 3. The van der Waals surface area contributed by atoms with Crippen molar-refractivity contribution < 1.29 is 14.3 Å². The lowest BCUT2D eigenvalue weighted by Crippen LogP contribution is -2.46. The fourth-order valence-corrected chi connectivity index (χ4v) is 2.14. The van der Waals surface area contributed by atoms with Crippen LogP contribution < -0.4 is 21.1 Å². The normalized spacial score (nSPS) is 11.7. The third kappa shape index (κ3) is 5.89. The van der Waals surface area contributed by atoms with E-state index in [0.29, 0.717) is 11.4 Å². The molecule has 6 nitrogen and oxygen atoms in total. The second kappa shape index (κ2) is 9.01. The zero-order valence-electron chi connectivity index (χ0n) is 15.3. The first kappa shape index (κ1) is 19.5. The van der Waals surface area contributed by atoms with E-state index in [2.05, 4.69) is 10.6 Å². The van der Waals surface area contributed by atoms with Crippen LogP contribution in [0.15, 0.2) is 48.5 Å². The number of rotatable bonds is 7. The van der Waals surface area contributed by atoms with Crippen LogP contribution in [0.3, 0.4) is 0 Å². The van der Waals surface area contributed by atoms with Crippen molar-refractivity contribution in [1.29, 1.82) is 0 Å². The number of carbonyl (C=O) groups excluding carboxylic acids is 2. The highest BCUT2D eigenvalue weighted by molar-refractivity contribution is 5.95. The topological polar surface area (TPSA) is 93.5 Å². The van der Waals surface area contributed by atoms with Crippen molar-refractivity contribution in [2.75, 3.05) is 11.9 Å². The Kier molecular flexibility index (Phi) is 6.74. The highest BCUT2D eigenvalue weighted by Crippen LogP contribution is 2.23. The second-order valence-electron chi connectivity index (χ2n) is 6.48. The molecule has 0 aliphatic heterocycles. The maximum absolute atomic E-state index is 11.9. The van der Waals surface area contributed by atoms with Gasteiger partial charge < -0.3 is 21.1 Å². The van der Waals surface area contributed by atoms with Gasteiger partial charge in [-0.1, -0.05) is 31.5 Å². The van der Waals surface area contributed by atoms with E-state index >= 15 is 0 Å². The largest absolute Gasteiger partial charge is 0.457 e. The quantitative estimate of drug-likeness (QED) is 0.712. The summed E-state index contributed by atoms with van der Waals surface area (Å²) < 4.78 is 5.74. The zero-order chi connectivity index (χ0) is 19.1. The molecular formula is C20H25N3O3. The van der Waals surface area contributed by atoms with Crippen LogP contribution in [0.1, 0.15) is 19.4 Å². The van der Waals surface area contributed by atoms with Crippen LogP contribution >= 0.6 is 0 Å². The van der Waals surface area contributed by atoms with Gasteiger partial charge in [-0.15, -0.1) is 0 Å². The van der Waals surface area contributed by atoms with Crippen LogP contribution in [0, 0.1) is 12.8 Å². The van der Waals surface area contributed by atoms with Crippen LogP contribution in [0.4, 0.5) is 5.69 Å². The van der Waals surface area contributed by atoms with Gasteiger partial charge in [0.25, 0.3) is 0 Å². The molecule has 26 heavy (non-hydrogen) atoms. The molecule has 2 aromatic rings. The van der Waals surface area contributed by atoms with Crippen molar-refractivity contribution in [3.8, 4) is 11.5 Å². The van der Waals surface area contributed by atoms with E-state index in [1.54, 1.807) is 24.3 Å². The number of nitrogens with one attached hydrogen (secondary N) is 2. The predicted octanol–water partition coefficient (Wildman–Crippen LogP) is 2.83. The summed E-state index contributed by atoms with van der Waals surface area (Å²) in [4.78, 5) is 23.7. The van der Waals surface area contributed by atoms with Gasteiger partial charge in [0, 0.05) is 5.69 Å². The van der Waals surface area contributed by atoms with E-state index in [0.717, 1.165) is 11.3 Å². The molecule has 0 heterocycles. The molecule has 2 amide bonds. The first-order valence-corrected chi connectivity index (χ1v) is 8.53. The van der Waals surface area contributed by atoms with Gasteiger partial charge in [0.2, 0.25) is 11.8 Å². The molecule has 2 aromatic carbocycles. The van der Waals surface area contributed by atoms with Crippen molar-refractivity contribution >= 4 is 17.5 Å². The maximum atomic E-state index is 11.9. The zero-order valence-corrected chi connectivity index (χ0v) is 15.3. The number of aryl methyl sites for hydroxylation is 1. The van der Waals surface area contributed by atoms with Crippen LogP contribution in [-0.2, 0) is 9.59 Å². The third-order valence-corrected chi connectivity index (χ3v) is 3.84. The summed E-state index contributed by atoms with van der Waals surface area (Å²) in [6, 6.07) is 14.1. The Balaban J connectivity index is 1.83. The van der Waals surface area contributed by atoms with Gasteiger partial charge in [-0.05, 0) is 49.2 Å².